The minimum atomic E-state index is -0.722. The first kappa shape index (κ1) is 18.4. The maximum absolute atomic E-state index is 12.5. The number of ether oxygens (including phenoxy) is 1. The number of methoxy groups -OCH3 is 1. The van der Waals surface area contributed by atoms with Crippen LogP contribution in [0, 0.1) is 0 Å². The van der Waals surface area contributed by atoms with Gasteiger partial charge in [0.25, 0.3) is 5.91 Å². The van der Waals surface area contributed by atoms with Crippen molar-refractivity contribution in [2.45, 2.75) is 25.4 Å². The summed E-state index contributed by atoms with van der Waals surface area (Å²) in [5.74, 6) is 0.0558. The molecule has 1 fully saturated rings. The fourth-order valence-electron chi connectivity index (χ4n) is 2.76. The third-order valence-electron chi connectivity index (χ3n) is 4.20. The van der Waals surface area contributed by atoms with Gasteiger partial charge in [0.1, 0.15) is 11.8 Å². The molecule has 1 unspecified atom stereocenters. The van der Waals surface area contributed by atoms with Gasteiger partial charge in [-0.05, 0) is 42.8 Å². The lowest BCUT2D eigenvalue weighted by Gasteiger charge is -2.13. The Hall–Kier alpha value is -3.42. The molecule has 140 valence electrons. The third kappa shape index (κ3) is 4.41. The van der Waals surface area contributed by atoms with Crippen molar-refractivity contribution in [3.63, 3.8) is 0 Å². The molecular weight excluding hydrogens is 348 g/mol. The number of amides is 4. The highest BCUT2D eigenvalue weighted by Crippen LogP contribution is 2.23. The lowest BCUT2D eigenvalue weighted by atomic mass is 10.1. The quantitative estimate of drug-likeness (QED) is 0.723. The Labute approximate surface area is 156 Å². The number of urea groups is 1. The predicted octanol–water partition coefficient (Wildman–Crippen LogP) is 1.61. The van der Waals surface area contributed by atoms with Gasteiger partial charge < -0.3 is 15.4 Å². The van der Waals surface area contributed by atoms with Crippen molar-refractivity contribution in [2.75, 3.05) is 12.0 Å². The number of hydrogen-bond donors (Lipinski definition) is 2. The van der Waals surface area contributed by atoms with E-state index in [0.717, 1.165) is 10.6 Å². The Morgan fingerprint density at radius 3 is 2.67 bits per heavy atom. The number of benzene rings is 1. The van der Waals surface area contributed by atoms with Crippen LogP contribution in [0.5, 0.6) is 5.75 Å². The smallest absolute Gasteiger partial charge is 0.329 e. The zero-order valence-corrected chi connectivity index (χ0v) is 14.8. The fraction of sp³-hybridized carbons (Fsp3) is 0.263. The largest absolute Gasteiger partial charge is 0.497 e. The lowest BCUT2D eigenvalue weighted by molar-refractivity contribution is -0.122. The van der Waals surface area contributed by atoms with E-state index in [1.54, 1.807) is 36.5 Å². The van der Waals surface area contributed by atoms with E-state index in [-0.39, 0.29) is 24.7 Å². The average molecular weight is 368 g/mol. The van der Waals surface area contributed by atoms with Crippen molar-refractivity contribution in [3.8, 4) is 5.75 Å². The van der Waals surface area contributed by atoms with E-state index in [1.807, 2.05) is 12.1 Å². The van der Waals surface area contributed by atoms with E-state index < -0.39 is 12.1 Å². The summed E-state index contributed by atoms with van der Waals surface area (Å²) >= 11 is 0. The summed E-state index contributed by atoms with van der Waals surface area (Å²) in [7, 11) is 1.54. The number of pyridine rings is 1. The van der Waals surface area contributed by atoms with Crippen molar-refractivity contribution < 1.29 is 19.1 Å². The highest BCUT2D eigenvalue weighted by Gasteiger charge is 2.38. The van der Waals surface area contributed by atoms with E-state index in [4.69, 9.17) is 4.74 Å². The monoisotopic (exact) mass is 368 g/mol. The molecule has 27 heavy (non-hydrogen) atoms. The van der Waals surface area contributed by atoms with Gasteiger partial charge in [-0.25, -0.2) is 9.69 Å². The summed E-state index contributed by atoms with van der Waals surface area (Å²) in [6.45, 7) is 0.322. The van der Waals surface area contributed by atoms with Crippen LogP contribution in [-0.2, 0) is 16.1 Å². The maximum atomic E-state index is 12.5. The van der Waals surface area contributed by atoms with Gasteiger partial charge in [-0.2, -0.15) is 0 Å². The van der Waals surface area contributed by atoms with Crippen molar-refractivity contribution in [2.24, 2.45) is 0 Å². The van der Waals surface area contributed by atoms with Crippen LogP contribution in [0.25, 0.3) is 0 Å². The van der Waals surface area contributed by atoms with Crippen LogP contribution in [0.4, 0.5) is 10.5 Å². The second kappa shape index (κ2) is 8.31. The molecule has 8 nitrogen and oxygen atoms in total. The second-order valence-electron chi connectivity index (χ2n) is 6.01. The van der Waals surface area contributed by atoms with Crippen molar-refractivity contribution >= 4 is 23.5 Å². The Morgan fingerprint density at radius 1 is 1.22 bits per heavy atom. The van der Waals surface area contributed by atoms with Gasteiger partial charge in [0.2, 0.25) is 5.91 Å². The first-order valence-electron chi connectivity index (χ1n) is 8.53. The Morgan fingerprint density at radius 2 is 2.00 bits per heavy atom. The SMILES string of the molecule is COc1ccc(N2C(=O)NC(CCC(=O)NCc3ccccn3)C2=O)cc1. The fourth-order valence-corrected chi connectivity index (χ4v) is 2.76. The molecule has 1 aliphatic rings. The molecule has 1 aliphatic heterocycles. The number of anilines is 1. The van der Waals surface area contributed by atoms with Crippen molar-refractivity contribution in [1.82, 2.24) is 15.6 Å². The minimum absolute atomic E-state index is 0.125. The Balaban J connectivity index is 1.52. The number of aromatic nitrogens is 1. The molecule has 2 heterocycles. The maximum Gasteiger partial charge on any atom is 0.329 e. The van der Waals surface area contributed by atoms with Gasteiger partial charge in [0.15, 0.2) is 0 Å². The number of nitrogens with zero attached hydrogens (tertiary/aromatic N) is 2. The minimum Gasteiger partial charge on any atom is -0.497 e. The zero-order valence-electron chi connectivity index (χ0n) is 14.8. The van der Waals surface area contributed by atoms with E-state index in [2.05, 4.69) is 15.6 Å². The number of nitrogens with one attached hydrogen (secondary N) is 2. The summed E-state index contributed by atoms with van der Waals surface area (Å²) in [4.78, 5) is 41.9. The normalized spacial score (nSPS) is 16.2. The van der Waals surface area contributed by atoms with Crippen molar-refractivity contribution in [1.29, 1.82) is 0 Å². The molecule has 8 heteroatoms. The van der Waals surface area contributed by atoms with Crippen LogP contribution in [0.3, 0.4) is 0 Å². The van der Waals surface area contributed by atoms with E-state index in [0.29, 0.717) is 18.0 Å². The van der Waals surface area contributed by atoms with Gasteiger partial charge in [-0.3, -0.25) is 14.6 Å². The molecule has 4 amide bonds. The van der Waals surface area contributed by atoms with Crippen LogP contribution >= 0.6 is 0 Å². The number of carbonyl (C=O) groups is 3. The first-order valence-corrected chi connectivity index (χ1v) is 8.53. The predicted molar refractivity (Wildman–Crippen MR) is 98.1 cm³/mol. The van der Waals surface area contributed by atoms with Gasteiger partial charge in [-0.1, -0.05) is 6.07 Å². The zero-order chi connectivity index (χ0) is 19.2. The van der Waals surface area contributed by atoms with Gasteiger partial charge in [0.05, 0.1) is 25.0 Å². The van der Waals surface area contributed by atoms with Gasteiger partial charge in [-0.15, -0.1) is 0 Å². The third-order valence-corrected chi connectivity index (χ3v) is 4.20. The molecule has 0 spiro atoms. The summed E-state index contributed by atoms with van der Waals surface area (Å²) < 4.78 is 5.07. The van der Waals surface area contributed by atoms with Crippen LogP contribution in [0.1, 0.15) is 18.5 Å². The number of imide groups is 1. The molecule has 0 saturated carbocycles. The van der Waals surface area contributed by atoms with E-state index in [1.165, 1.54) is 7.11 Å². The van der Waals surface area contributed by atoms with Crippen LogP contribution < -0.4 is 20.3 Å². The summed E-state index contributed by atoms with van der Waals surface area (Å²) in [6.07, 6.45) is 2.01. The van der Waals surface area contributed by atoms with Crippen molar-refractivity contribution in [3.05, 3.63) is 54.4 Å². The number of rotatable bonds is 7. The molecule has 0 bridgehead atoms. The van der Waals surface area contributed by atoms with Crippen LogP contribution in [0.15, 0.2) is 48.7 Å². The summed E-state index contributed by atoms with van der Waals surface area (Å²) in [5, 5.41) is 5.38. The Bertz CT molecular complexity index is 823. The standard InChI is InChI=1S/C19H20N4O4/c1-27-15-7-5-14(6-8-15)23-18(25)16(22-19(23)26)9-10-17(24)21-12-13-4-2-3-11-20-13/h2-8,11,16H,9-10,12H2,1H3,(H,21,24)(H,22,26). The summed E-state index contributed by atoms with van der Waals surface area (Å²) in [6, 6.07) is 10.9. The van der Waals surface area contributed by atoms with Crippen LogP contribution in [-0.4, -0.2) is 36.0 Å². The lowest BCUT2D eigenvalue weighted by Crippen LogP contribution is -2.32. The molecule has 3 rings (SSSR count). The molecule has 0 aliphatic carbocycles. The average Bonchev–Trinajstić information content (AvgIpc) is 2.99. The molecule has 1 saturated heterocycles. The first-order chi connectivity index (χ1) is 13.1. The molecule has 1 aromatic heterocycles. The van der Waals surface area contributed by atoms with Crippen LogP contribution in [0.2, 0.25) is 0 Å². The molecule has 1 aromatic carbocycles. The van der Waals surface area contributed by atoms with Gasteiger partial charge >= 0.3 is 6.03 Å². The number of carbonyl (C=O) groups excluding carboxylic acids is 3. The van der Waals surface area contributed by atoms with E-state index in [9.17, 15) is 14.4 Å². The molecular formula is C19H20N4O4. The highest BCUT2D eigenvalue weighted by atomic mass is 16.5. The summed E-state index contributed by atoms with van der Waals surface area (Å²) in [5.41, 5.74) is 1.21. The van der Waals surface area contributed by atoms with Gasteiger partial charge in [0, 0.05) is 12.6 Å². The topological polar surface area (TPSA) is 101 Å². The Kier molecular flexibility index (Phi) is 5.65. The van der Waals surface area contributed by atoms with E-state index >= 15 is 0 Å². The molecule has 2 N–H and O–H groups in total. The second-order valence-corrected chi connectivity index (χ2v) is 6.01. The molecule has 2 aromatic rings. The highest BCUT2D eigenvalue weighted by molar-refractivity contribution is 6.21. The number of hydrogen-bond acceptors (Lipinski definition) is 5. The molecule has 0 radical (unpaired) electrons. The molecule has 1 atom stereocenters.